The molecule has 0 aromatic heterocycles. The van der Waals surface area contributed by atoms with Crippen molar-refractivity contribution in [3.8, 4) is 0 Å². The quantitative estimate of drug-likeness (QED) is 0.0431. The molecule has 0 aromatic rings. The van der Waals surface area contributed by atoms with Gasteiger partial charge in [0.05, 0.1) is 0 Å². The molecule has 0 atom stereocenters. The van der Waals surface area contributed by atoms with Crippen molar-refractivity contribution in [1.82, 2.24) is 0 Å². The van der Waals surface area contributed by atoms with Gasteiger partial charge >= 0.3 is 0 Å². The van der Waals surface area contributed by atoms with E-state index in [0.717, 1.165) is 0 Å². The van der Waals surface area contributed by atoms with Crippen LogP contribution in [0.25, 0.3) is 0 Å². The highest BCUT2D eigenvalue weighted by atomic mass is 31.1. The van der Waals surface area contributed by atoms with E-state index in [9.17, 15) is 0 Å². The molecule has 0 saturated heterocycles. The Kier molecular flexibility index (Phi) is 50.9. The smallest absolute Gasteiger partial charge is 0.0353 e. The van der Waals surface area contributed by atoms with Crippen molar-refractivity contribution in [2.45, 2.75) is 309 Å². The Hall–Kier alpha value is 0.430. The molecule has 308 valence electrons. The van der Waals surface area contributed by atoms with Crippen LogP contribution in [-0.2, 0) is 0 Å². The minimum Gasteiger partial charge on any atom is -0.122 e. The van der Waals surface area contributed by atoms with Gasteiger partial charge in [0.1, 0.15) is 0 Å². The summed E-state index contributed by atoms with van der Waals surface area (Å²) in [5.74, 6) is 0. The molecule has 0 amide bonds. The van der Waals surface area contributed by atoms with Gasteiger partial charge < -0.3 is 0 Å². The molecule has 0 aliphatic carbocycles. The second kappa shape index (κ2) is 50.4. The van der Waals surface area contributed by atoms with E-state index < -0.39 is 0 Å². The standard InChI is InChI=1S/C50H103P/c1-3-5-7-9-11-13-15-17-19-21-23-25-27-29-31-33-35-37-39-41-43-45-47-49-51-50-48-46-44-42-40-38-36-34-32-30-28-26-24-22-20-18-16-14-12-10-8-6-4-2/h51H,3-50H2,1-2H3. The molecule has 0 rings (SSSR count). The van der Waals surface area contributed by atoms with Gasteiger partial charge in [0.25, 0.3) is 0 Å². The zero-order valence-corrected chi connectivity index (χ0v) is 37.4. The van der Waals surface area contributed by atoms with E-state index in [2.05, 4.69) is 13.8 Å². The molecule has 0 N–H and O–H groups in total. The van der Waals surface area contributed by atoms with Crippen LogP contribution in [0, 0.1) is 0 Å². The van der Waals surface area contributed by atoms with Crippen molar-refractivity contribution in [2.24, 2.45) is 0 Å². The van der Waals surface area contributed by atoms with Gasteiger partial charge in [0.15, 0.2) is 0 Å². The Morgan fingerprint density at radius 1 is 0.157 bits per heavy atom. The number of hydrogen-bond donors (Lipinski definition) is 0. The maximum absolute atomic E-state index is 2.31. The van der Waals surface area contributed by atoms with Crippen LogP contribution in [0.4, 0.5) is 0 Å². The molecule has 0 bridgehead atoms. The molecule has 0 unspecified atom stereocenters. The molecule has 0 nitrogen and oxygen atoms in total. The molecular formula is C50H103P. The summed E-state index contributed by atoms with van der Waals surface area (Å²) in [4.78, 5) is 0. The van der Waals surface area contributed by atoms with Gasteiger partial charge in [-0.3, -0.25) is 0 Å². The van der Waals surface area contributed by atoms with Gasteiger partial charge in [-0.25, -0.2) is 0 Å². The first-order valence-corrected chi connectivity index (χ1v) is 26.5. The third-order valence-corrected chi connectivity index (χ3v) is 13.3. The van der Waals surface area contributed by atoms with Gasteiger partial charge in [-0.2, -0.15) is 0 Å². The van der Waals surface area contributed by atoms with Crippen molar-refractivity contribution in [2.75, 3.05) is 12.3 Å². The zero-order chi connectivity index (χ0) is 36.6. The zero-order valence-electron chi connectivity index (χ0n) is 36.4. The van der Waals surface area contributed by atoms with Crippen LogP contribution in [0.5, 0.6) is 0 Å². The average Bonchev–Trinajstić information content (AvgIpc) is 3.14. The van der Waals surface area contributed by atoms with E-state index in [4.69, 9.17) is 0 Å². The van der Waals surface area contributed by atoms with Gasteiger partial charge in [-0.05, 0) is 25.2 Å². The average molecular weight is 735 g/mol. The second-order valence-corrected chi connectivity index (χ2v) is 18.8. The highest BCUT2D eigenvalue weighted by molar-refractivity contribution is 7.37. The highest BCUT2D eigenvalue weighted by Crippen LogP contribution is 2.20. The van der Waals surface area contributed by atoms with Crippen LogP contribution < -0.4 is 0 Å². The second-order valence-electron chi connectivity index (χ2n) is 17.3. The maximum Gasteiger partial charge on any atom is -0.0353 e. The first-order valence-electron chi connectivity index (χ1n) is 25.1. The molecule has 1 heteroatoms. The summed E-state index contributed by atoms with van der Waals surface area (Å²) < 4.78 is 0. The van der Waals surface area contributed by atoms with Crippen molar-refractivity contribution >= 4 is 8.58 Å². The highest BCUT2D eigenvalue weighted by Gasteiger charge is 1.99. The van der Waals surface area contributed by atoms with Crippen LogP contribution in [0.15, 0.2) is 0 Å². The summed E-state index contributed by atoms with van der Waals surface area (Å²) in [6, 6.07) is 0. The molecule has 0 spiro atoms. The third kappa shape index (κ3) is 50.4. The minimum absolute atomic E-state index is 1.25. The lowest BCUT2D eigenvalue weighted by Gasteiger charge is -2.05. The predicted octanol–water partition coefficient (Wildman–Crippen LogP) is 19.6. The van der Waals surface area contributed by atoms with Crippen molar-refractivity contribution in [3.05, 3.63) is 0 Å². The lowest BCUT2D eigenvalue weighted by molar-refractivity contribution is 0.518. The van der Waals surface area contributed by atoms with Crippen LogP contribution in [0.3, 0.4) is 0 Å². The van der Waals surface area contributed by atoms with Crippen LogP contribution in [-0.4, -0.2) is 12.3 Å². The molecule has 0 aliphatic rings. The predicted molar refractivity (Wildman–Crippen MR) is 242 cm³/mol. The first-order chi connectivity index (χ1) is 25.4. The monoisotopic (exact) mass is 735 g/mol. The van der Waals surface area contributed by atoms with E-state index in [1.165, 1.54) is 316 Å². The normalized spacial score (nSPS) is 11.6. The fraction of sp³-hybridized carbons (Fsp3) is 1.00. The Balaban J connectivity index is 3.04. The largest absolute Gasteiger partial charge is 0.122 e. The van der Waals surface area contributed by atoms with Crippen molar-refractivity contribution in [1.29, 1.82) is 0 Å². The molecule has 0 heterocycles. The molecule has 0 aliphatic heterocycles. The topological polar surface area (TPSA) is 0 Å². The summed E-state index contributed by atoms with van der Waals surface area (Å²) in [6.45, 7) is 4.63. The Bertz CT molecular complexity index is 509. The van der Waals surface area contributed by atoms with Crippen molar-refractivity contribution in [3.63, 3.8) is 0 Å². The SMILES string of the molecule is CCCCCCCCCCCCCCCCCCCCCCCCCPCCCCCCCCCCCCCCCCCCCCCCCCC. The van der Waals surface area contributed by atoms with Crippen molar-refractivity contribution < 1.29 is 0 Å². The van der Waals surface area contributed by atoms with Crippen LogP contribution in [0.1, 0.15) is 309 Å². The molecule has 51 heavy (non-hydrogen) atoms. The van der Waals surface area contributed by atoms with Gasteiger partial charge in [0, 0.05) is 0 Å². The molecular weight excluding hydrogens is 632 g/mol. The lowest BCUT2D eigenvalue weighted by Crippen LogP contribution is -1.86. The molecule has 0 saturated carbocycles. The fourth-order valence-corrected chi connectivity index (χ4v) is 9.45. The van der Waals surface area contributed by atoms with E-state index in [1.807, 2.05) is 0 Å². The van der Waals surface area contributed by atoms with E-state index in [0.29, 0.717) is 0 Å². The maximum atomic E-state index is 2.31. The summed E-state index contributed by atoms with van der Waals surface area (Å²) in [5.41, 5.74) is 0. The summed E-state index contributed by atoms with van der Waals surface area (Å²) in [6.07, 6.45) is 71.5. The summed E-state index contributed by atoms with van der Waals surface area (Å²) >= 11 is 0. The summed E-state index contributed by atoms with van der Waals surface area (Å²) in [7, 11) is 1.25. The van der Waals surface area contributed by atoms with E-state index in [1.54, 1.807) is 0 Å². The first kappa shape index (κ1) is 51.4. The number of hydrogen-bond acceptors (Lipinski definition) is 0. The van der Waals surface area contributed by atoms with Crippen LogP contribution in [0.2, 0.25) is 0 Å². The van der Waals surface area contributed by atoms with Gasteiger partial charge in [-0.15, -0.1) is 8.58 Å². The molecule has 0 aromatic carbocycles. The van der Waals surface area contributed by atoms with Gasteiger partial charge in [0.2, 0.25) is 0 Å². The van der Waals surface area contributed by atoms with Gasteiger partial charge in [-0.1, -0.05) is 296 Å². The third-order valence-electron chi connectivity index (χ3n) is 11.9. The van der Waals surface area contributed by atoms with E-state index >= 15 is 0 Å². The van der Waals surface area contributed by atoms with Crippen LogP contribution >= 0.6 is 8.58 Å². The Labute approximate surface area is 329 Å². The molecule has 0 radical (unpaired) electrons. The summed E-state index contributed by atoms with van der Waals surface area (Å²) in [5, 5.41) is 0. The van der Waals surface area contributed by atoms with E-state index in [-0.39, 0.29) is 0 Å². The Morgan fingerprint density at radius 2 is 0.275 bits per heavy atom. The molecule has 0 fully saturated rings. The lowest BCUT2D eigenvalue weighted by atomic mass is 10.0. The fourth-order valence-electron chi connectivity index (χ4n) is 8.20. The minimum atomic E-state index is 1.25. The Morgan fingerprint density at radius 3 is 0.412 bits per heavy atom. The number of rotatable bonds is 48. The number of unbranched alkanes of at least 4 members (excludes halogenated alkanes) is 44.